The number of aromatic amines is 1. The molecular formula is C22H27BrN4O3. The molecule has 2 fully saturated rings. The number of hydrogen-bond donors (Lipinski definition) is 1. The van der Waals surface area contributed by atoms with Crippen LogP contribution in [0.15, 0.2) is 33.5 Å². The lowest BCUT2D eigenvalue weighted by Crippen LogP contribution is -2.38. The molecule has 8 heteroatoms. The Morgan fingerprint density at radius 1 is 1.30 bits per heavy atom. The maximum atomic E-state index is 13.0. The van der Waals surface area contributed by atoms with Gasteiger partial charge in [-0.2, -0.15) is 0 Å². The second kappa shape index (κ2) is 9.31. The standard InChI is InChI=1S/C22H27BrN4O3/c1-15-18(21(29)25-22(24-15)26-10-12-30-13-11-26)7-8-20(28)27-9-3-6-19(27)16-4-2-5-17(23)14-16/h2,4-5,14,19H,3,6-13H2,1H3,(H,24,25,29). The molecule has 0 radical (unpaired) electrons. The summed E-state index contributed by atoms with van der Waals surface area (Å²) < 4.78 is 6.38. The zero-order valence-corrected chi connectivity index (χ0v) is 18.8. The van der Waals surface area contributed by atoms with E-state index in [2.05, 4.69) is 38.0 Å². The molecule has 2 aliphatic rings. The summed E-state index contributed by atoms with van der Waals surface area (Å²) in [5, 5.41) is 0. The summed E-state index contributed by atoms with van der Waals surface area (Å²) >= 11 is 3.52. The first-order valence-corrected chi connectivity index (χ1v) is 11.3. The van der Waals surface area contributed by atoms with Crippen molar-refractivity contribution in [1.82, 2.24) is 14.9 Å². The van der Waals surface area contributed by atoms with Crippen molar-refractivity contribution in [1.29, 1.82) is 0 Å². The summed E-state index contributed by atoms with van der Waals surface area (Å²) in [5.74, 6) is 0.679. The molecule has 1 aromatic carbocycles. The van der Waals surface area contributed by atoms with Crippen LogP contribution in [-0.4, -0.2) is 53.6 Å². The first kappa shape index (κ1) is 21.1. The van der Waals surface area contributed by atoms with Crippen LogP contribution in [0, 0.1) is 6.92 Å². The second-order valence-electron chi connectivity index (χ2n) is 7.85. The fraction of sp³-hybridized carbons (Fsp3) is 0.500. The van der Waals surface area contributed by atoms with Crippen molar-refractivity contribution < 1.29 is 9.53 Å². The normalized spacial score (nSPS) is 19.3. The molecule has 2 aliphatic heterocycles. The molecule has 0 saturated carbocycles. The molecule has 1 atom stereocenters. The third kappa shape index (κ3) is 4.59. The van der Waals surface area contributed by atoms with Crippen LogP contribution in [0.3, 0.4) is 0 Å². The zero-order chi connectivity index (χ0) is 21.1. The number of anilines is 1. The number of carbonyl (C=O) groups is 1. The molecule has 0 aliphatic carbocycles. The van der Waals surface area contributed by atoms with E-state index in [1.165, 1.54) is 0 Å². The van der Waals surface area contributed by atoms with Crippen LogP contribution in [-0.2, 0) is 16.0 Å². The predicted octanol–water partition coefficient (Wildman–Crippen LogP) is 2.97. The maximum Gasteiger partial charge on any atom is 0.255 e. The molecular weight excluding hydrogens is 448 g/mol. The van der Waals surface area contributed by atoms with Gasteiger partial charge in [0.2, 0.25) is 11.9 Å². The Kier molecular flexibility index (Phi) is 6.53. The number of nitrogens with one attached hydrogen (secondary N) is 1. The number of amides is 1. The van der Waals surface area contributed by atoms with E-state index >= 15 is 0 Å². The van der Waals surface area contributed by atoms with Gasteiger partial charge in [-0.05, 0) is 43.9 Å². The fourth-order valence-electron chi connectivity index (χ4n) is 4.32. The molecule has 1 unspecified atom stereocenters. The average Bonchev–Trinajstić information content (AvgIpc) is 3.23. The number of likely N-dealkylation sites (tertiary alicyclic amines) is 1. The number of benzene rings is 1. The van der Waals surface area contributed by atoms with Crippen molar-refractivity contribution in [2.24, 2.45) is 0 Å². The first-order chi connectivity index (χ1) is 14.5. The first-order valence-electron chi connectivity index (χ1n) is 10.5. The van der Waals surface area contributed by atoms with Crippen LogP contribution < -0.4 is 10.5 Å². The Morgan fingerprint density at radius 3 is 2.83 bits per heavy atom. The summed E-state index contributed by atoms with van der Waals surface area (Å²) in [6, 6.07) is 8.26. The van der Waals surface area contributed by atoms with Crippen molar-refractivity contribution in [3.63, 3.8) is 0 Å². The van der Waals surface area contributed by atoms with Gasteiger partial charge in [-0.1, -0.05) is 28.1 Å². The van der Waals surface area contributed by atoms with Crippen molar-refractivity contribution in [3.05, 3.63) is 55.9 Å². The Balaban J connectivity index is 1.44. The van der Waals surface area contributed by atoms with E-state index in [4.69, 9.17) is 4.74 Å². The SMILES string of the molecule is Cc1nc(N2CCOCC2)[nH]c(=O)c1CCC(=O)N1CCCC1c1cccc(Br)c1. The van der Waals surface area contributed by atoms with Crippen LogP contribution in [0.2, 0.25) is 0 Å². The van der Waals surface area contributed by atoms with Gasteiger partial charge in [0.25, 0.3) is 5.56 Å². The predicted molar refractivity (Wildman–Crippen MR) is 119 cm³/mol. The van der Waals surface area contributed by atoms with Crippen molar-refractivity contribution in [2.75, 3.05) is 37.7 Å². The molecule has 4 rings (SSSR count). The zero-order valence-electron chi connectivity index (χ0n) is 17.2. The molecule has 0 spiro atoms. The molecule has 2 aromatic rings. The van der Waals surface area contributed by atoms with E-state index < -0.39 is 0 Å². The van der Waals surface area contributed by atoms with Crippen molar-refractivity contribution >= 4 is 27.8 Å². The highest BCUT2D eigenvalue weighted by atomic mass is 79.9. The van der Waals surface area contributed by atoms with Gasteiger partial charge in [-0.15, -0.1) is 0 Å². The molecule has 1 amide bonds. The van der Waals surface area contributed by atoms with Crippen LogP contribution >= 0.6 is 15.9 Å². The number of halogens is 1. The van der Waals surface area contributed by atoms with E-state index in [-0.39, 0.29) is 17.5 Å². The average molecular weight is 475 g/mol. The van der Waals surface area contributed by atoms with Gasteiger partial charge in [-0.3, -0.25) is 14.6 Å². The Bertz CT molecular complexity index is 971. The summed E-state index contributed by atoms with van der Waals surface area (Å²) in [5.41, 5.74) is 2.29. The van der Waals surface area contributed by atoms with Gasteiger partial charge >= 0.3 is 0 Å². The van der Waals surface area contributed by atoms with Crippen molar-refractivity contribution in [3.8, 4) is 0 Å². The minimum Gasteiger partial charge on any atom is -0.378 e. The van der Waals surface area contributed by atoms with Gasteiger partial charge in [0.1, 0.15) is 0 Å². The van der Waals surface area contributed by atoms with Gasteiger partial charge < -0.3 is 14.5 Å². The van der Waals surface area contributed by atoms with Crippen LogP contribution in [0.25, 0.3) is 0 Å². The van der Waals surface area contributed by atoms with Gasteiger partial charge in [0.15, 0.2) is 0 Å². The molecule has 3 heterocycles. The van der Waals surface area contributed by atoms with E-state index in [0.29, 0.717) is 56.4 Å². The van der Waals surface area contributed by atoms with Gasteiger partial charge in [-0.25, -0.2) is 4.98 Å². The lowest BCUT2D eigenvalue weighted by Gasteiger charge is -2.27. The van der Waals surface area contributed by atoms with Gasteiger partial charge in [0, 0.05) is 41.8 Å². The highest BCUT2D eigenvalue weighted by Crippen LogP contribution is 2.33. The number of aryl methyl sites for hydroxylation is 1. The van der Waals surface area contributed by atoms with Crippen LogP contribution in [0.1, 0.15) is 42.1 Å². The number of carbonyl (C=O) groups excluding carboxylic acids is 1. The Hall–Kier alpha value is -2.19. The number of ether oxygens (including phenoxy) is 1. The van der Waals surface area contributed by atoms with E-state index in [9.17, 15) is 9.59 Å². The minimum absolute atomic E-state index is 0.0912. The molecule has 160 valence electrons. The quantitative estimate of drug-likeness (QED) is 0.720. The molecule has 1 aromatic heterocycles. The number of rotatable bonds is 5. The second-order valence-corrected chi connectivity index (χ2v) is 8.77. The largest absolute Gasteiger partial charge is 0.378 e. The van der Waals surface area contributed by atoms with Crippen LogP contribution in [0.4, 0.5) is 5.95 Å². The summed E-state index contributed by atoms with van der Waals surface area (Å²) in [4.78, 5) is 37.1. The number of hydrogen-bond acceptors (Lipinski definition) is 5. The highest BCUT2D eigenvalue weighted by Gasteiger charge is 2.30. The molecule has 1 N–H and O–H groups in total. The topological polar surface area (TPSA) is 78.5 Å². The Morgan fingerprint density at radius 2 is 2.10 bits per heavy atom. The van der Waals surface area contributed by atoms with Crippen molar-refractivity contribution in [2.45, 2.75) is 38.6 Å². The number of morpholine rings is 1. The number of nitrogens with zero attached hydrogens (tertiary/aromatic N) is 3. The smallest absolute Gasteiger partial charge is 0.255 e. The van der Waals surface area contributed by atoms with E-state index in [1.54, 1.807) is 0 Å². The molecule has 30 heavy (non-hydrogen) atoms. The third-order valence-electron chi connectivity index (χ3n) is 5.92. The van der Waals surface area contributed by atoms with Crippen LogP contribution in [0.5, 0.6) is 0 Å². The summed E-state index contributed by atoms with van der Waals surface area (Å²) in [6.45, 7) is 5.30. The van der Waals surface area contributed by atoms with Gasteiger partial charge in [0.05, 0.1) is 19.3 Å². The molecule has 7 nitrogen and oxygen atoms in total. The lowest BCUT2D eigenvalue weighted by atomic mass is 10.0. The molecule has 2 saturated heterocycles. The number of H-pyrrole nitrogens is 1. The monoisotopic (exact) mass is 474 g/mol. The van der Waals surface area contributed by atoms with E-state index in [1.807, 2.05) is 28.9 Å². The third-order valence-corrected chi connectivity index (χ3v) is 6.41. The molecule has 0 bridgehead atoms. The van der Waals surface area contributed by atoms with E-state index in [0.717, 1.165) is 29.4 Å². The Labute approximate surface area is 184 Å². The number of aromatic nitrogens is 2. The highest BCUT2D eigenvalue weighted by molar-refractivity contribution is 9.10. The lowest BCUT2D eigenvalue weighted by molar-refractivity contribution is -0.132. The minimum atomic E-state index is -0.151. The fourth-order valence-corrected chi connectivity index (χ4v) is 4.73. The summed E-state index contributed by atoms with van der Waals surface area (Å²) in [6.07, 6.45) is 2.68. The maximum absolute atomic E-state index is 13.0. The summed E-state index contributed by atoms with van der Waals surface area (Å²) in [7, 11) is 0.